The van der Waals surface area contributed by atoms with Crippen LogP contribution in [0.25, 0.3) is 21.7 Å². The number of rotatable bonds is 6. The van der Waals surface area contributed by atoms with Crippen molar-refractivity contribution >= 4 is 31.7 Å². The van der Waals surface area contributed by atoms with Crippen LogP contribution in [0.2, 0.25) is 0 Å². The third-order valence-corrected chi connectivity index (χ3v) is 8.40. The molecule has 0 saturated heterocycles. The molecule has 1 unspecified atom stereocenters. The van der Waals surface area contributed by atoms with E-state index in [0.717, 1.165) is 16.5 Å². The summed E-state index contributed by atoms with van der Waals surface area (Å²) in [6.45, 7) is 6.47. The SMILES string of the molecule is Cc1ccc(S(=O)(=O)n2c(CNC(C)c3cccc4ccccc34)cc3ccccc32)cc1C. The van der Waals surface area contributed by atoms with E-state index in [1.807, 2.05) is 62.4 Å². The van der Waals surface area contributed by atoms with Gasteiger partial charge in [0.1, 0.15) is 0 Å². The van der Waals surface area contributed by atoms with Crippen molar-refractivity contribution in [1.82, 2.24) is 9.29 Å². The van der Waals surface area contributed by atoms with Crippen LogP contribution in [-0.2, 0) is 16.6 Å². The fraction of sp³-hybridized carbons (Fsp3) is 0.172. The zero-order valence-electron chi connectivity index (χ0n) is 19.6. The zero-order valence-corrected chi connectivity index (χ0v) is 20.4. The summed E-state index contributed by atoms with van der Waals surface area (Å²) >= 11 is 0. The number of fused-ring (bicyclic) bond motifs is 2. The van der Waals surface area contributed by atoms with Gasteiger partial charge in [0, 0.05) is 23.7 Å². The van der Waals surface area contributed by atoms with E-state index in [1.165, 1.54) is 20.3 Å². The molecule has 172 valence electrons. The average Bonchev–Trinajstić information content (AvgIpc) is 3.23. The maximum atomic E-state index is 13.8. The van der Waals surface area contributed by atoms with E-state index < -0.39 is 10.0 Å². The first-order chi connectivity index (χ1) is 16.4. The van der Waals surface area contributed by atoms with Crippen LogP contribution in [0.4, 0.5) is 0 Å². The Labute approximate surface area is 200 Å². The molecular formula is C29H28N2O2S. The summed E-state index contributed by atoms with van der Waals surface area (Å²) in [6.07, 6.45) is 0. The van der Waals surface area contributed by atoms with E-state index in [9.17, 15) is 8.42 Å². The molecule has 34 heavy (non-hydrogen) atoms. The topological polar surface area (TPSA) is 51.1 Å². The van der Waals surface area contributed by atoms with Crippen molar-refractivity contribution < 1.29 is 8.42 Å². The molecule has 0 aliphatic heterocycles. The maximum Gasteiger partial charge on any atom is 0.268 e. The van der Waals surface area contributed by atoms with Gasteiger partial charge >= 0.3 is 0 Å². The lowest BCUT2D eigenvalue weighted by Crippen LogP contribution is -2.23. The molecule has 1 N–H and O–H groups in total. The highest BCUT2D eigenvalue weighted by atomic mass is 32.2. The largest absolute Gasteiger partial charge is 0.305 e. The van der Waals surface area contributed by atoms with Gasteiger partial charge in [0.25, 0.3) is 10.0 Å². The smallest absolute Gasteiger partial charge is 0.268 e. The summed E-state index contributed by atoms with van der Waals surface area (Å²) in [5, 5.41) is 6.87. The number of hydrogen-bond donors (Lipinski definition) is 1. The summed E-state index contributed by atoms with van der Waals surface area (Å²) in [4.78, 5) is 0.306. The molecule has 1 aromatic heterocycles. The Bertz CT molecular complexity index is 1610. The van der Waals surface area contributed by atoms with Gasteiger partial charge in [0.2, 0.25) is 0 Å². The molecule has 0 radical (unpaired) electrons. The quantitative estimate of drug-likeness (QED) is 0.309. The molecule has 1 atom stereocenters. The third-order valence-electron chi connectivity index (χ3n) is 6.63. The molecule has 0 amide bonds. The molecule has 0 bridgehead atoms. The van der Waals surface area contributed by atoms with Crippen molar-refractivity contribution in [2.75, 3.05) is 0 Å². The molecule has 0 aliphatic carbocycles. The summed E-state index contributed by atoms with van der Waals surface area (Å²) in [5.41, 5.74) is 4.63. The highest BCUT2D eigenvalue weighted by molar-refractivity contribution is 7.90. The molecule has 5 rings (SSSR count). The van der Waals surface area contributed by atoms with Crippen molar-refractivity contribution in [3.63, 3.8) is 0 Å². The Morgan fingerprint density at radius 3 is 2.29 bits per heavy atom. The summed E-state index contributed by atoms with van der Waals surface area (Å²) in [7, 11) is -3.76. The predicted octanol–water partition coefficient (Wildman–Crippen LogP) is 6.50. The Morgan fingerprint density at radius 1 is 0.794 bits per heavy atom. The third kappa shape index (κ3) is 3.91. The normalized spacial score (nSPS) is 12.9. The van der Waals surface area contributed by atoms with Gasteiger partial charge in [-0.2, -0.15) is 0 Å². The summed E-state index contributed by atoms with van der Waals surface area (Å²) in [5.74, 6) is 0. The molecular weight excluding hydrogens is 440 g/mol. The number of benzene rings is 4. The van der Waals surface area contributed by atoms with Gasteiger partial charge in [-0.25, -0.2) is 12.4 Å². The fourth-order valence-electron chi connectivity index (χ4n) is 4.57. The Hall–Kier alpha value is -3.41. The first-order valence-corrected chi connectivity index (χ1v) is 12.9. The minimum absolute atomic E-state index is 0.0434. The van der Waals surface area contributed by atoms with E-state index in [0.29, 0.717) is 22.7 Å². The fourth-order valence-corrected chi connectivity index (χ4v) is 6.20. The van der Waals surface area contributed by atoms with E-state index >= 15 is 0 Å². The maximum absolute atomic E-state index is 13.8. The van der Waals surface area contributed by atoms with E-state index in [-0.39, 0.29) is 6.04 Å². The van der Waals surface area contributed by atoms with Crippen molar-refractivity contribution in [3.05, 3.63) is 113 Å². The number of aryl methyl sites for hydroxylation is 2. The Kier molecular flexibility index (Phi) is 5.76. The average molecular weight is 469 g/mol. The zero-order chi connectivity index (χ0) is 23.9. The molecule has 0 spiro atoms. The summed E-state index contributed by atoms with van der Waals surface area (Å²) in [6, 6.07) is 29.6. The second-order valence-electron chi connectivity index (χ2n) is 8.88. The molecule has 5 aromatic rings. The monoisotopic (exact) mass is 468 g/mol. The lowest BCUT2D eigenvalue weighted by Gasteiger charge is -2.18. The van der Waals surface area contributed by atoms with Crippen LogP contribution in [0, 0.1) is 13.8 Å². The lowest BCUT2D eigenvalue weighted by molar-refractivity contribution is 0.559. The number of nitrogens with zero attached hydrogens (tertiary/aromatic N) is 1. The Morgan fingerprint density at radius 2 is 1.50 bits per heavy atom. The molecule has 4 aromatic carbocycles. The highest BCUT2D eigenvalue weighted by Gasteiger charge is 2.23. The molecule has 0 fully saturated rings. The lowest BCUT2D eigenvalue weighted by atomic mass is 10.00. The number of hydrogen-bond acceptors (Lipinski definition) is 3. The molecule has 0 aliphatic rings. The standard InChI is InChI=1S/C29H28N2O2S/c1-20-15-16-26(17-21(20)2)34(32,33)31-25(18-24-10-5-7-14-29(24)31)19-30-22(3)27-13-8-11-23-9-4-6-12-28(23)27/h4-18,22,30H,19H2,1-3H3. The van der Waals surface area contributed by atoms with Gasteiger partial charge in [-0.3, -0.25) is 0 Å². The Balaban J connectivity index is 1.54. The number of para-hydroxylation sites is 1. The van der Waals surface area contributed by atoms with Crippen LogP contribution < -0.4 is 5.32 Å². The van der Waals surface area contributed by atoms with Crippen LogP contribution in [0.3, 0.4) is 0 Å². The van der Waals surface area contributed by atoms with E-state index in [2.05, 4.69) is 42.6 Å². The summed E-state index contributed by atoms with van der Waals surface area (Å²) < 4.78 is 29.1. The van der Waals surface area contributed by atoms with Gasteiger partial charge in [0.05, 0.1) is 10.4 Å². The first-order valence-electron chi connectivity index (χ1n) is 11.5. The van der Waals surface area contributed by atoms with Crippen molar-refractivity contribution in [1.29, 1.82) is 0 Å². The molecule has 0 saturated carbocycles. The van der Waals surface area contributed by atoms with Crippen molar-refractivity contribution in [3.8, 4) is 0 Å². The first kappa shape index (κ1) is 22.4. The highest BCUT2D eigenvalue weighted by Crippen LogP contribution is 2.28. The van der Waals surface area contributed by atoms with Crippen LogP contribution in [0.15, 0.2) is 95.9 Å². The molecule has 4 nitrogen and oxygen atoms in total. The van der Waals surface area contributed by atoms with Crippen molar-refractivity contribution in [2.45, 2.75) is 38.3 Å². The second-order valence-corrected chi connectivity index (χ2v) is 10.7. The molecule has 1 heterocycles. The van der Waals surface area contributed by atoms with E-state index in [1.54, 1.807) is 12.1 Å². The minimum atomic E-state index is -3.76. The van der Waals surface area contributed by atoms with Gasteiger partial charge in [-0.05, 0) is 72.5 Å². The minimum Gasteiger partial charge on any atom is -0.305 e. The van der Waals surface area contributed by atoms with Crippen LogP contribution in [0.1, 0.15) is 35.3 Å². The van der Waals surface area contributed by atoms with Crippen molar-refractivity contribution in [2.24, 2.45) is 0 Å². The van der Waals surface area contributed by atoms with Crippen LogP contribution in [0.5, 0.6) is 0 Å². The number of nitrogens with one attached hydrogen (secondary N) is 1. The van der Waals surface area contributed by atoms with Crippen LogP contribution >= 0.6 is 0 Å². The van der Waals surface area contributed by atoms with E-state index in [4.69, 9.17) is 0 Å². The predicted molar refractivity (Wildman–Crippen MR) is 140 cm³/mol. The second kappa shape index (κ2) is 8.75. The molecule has 5 heteroatoms. The van der Waals surface area contributed by atoms with Gasteiger partial charge in [0.15, 0.2) is 0 Å². The van der Waals surface area contributed by atoms with Crippen LogP contribution in [-0.4, -0.2) is 12.4 Å². The van der Waals surface area contributed by atoms with Gasteiger partial charge < -0.3 is 5.32 Å². The number of aromatic nitrogens is 1. The van der Waals surface area contributed by atoms with Gasteiger partial charge in [-0.15, -0.1) is 0 Å². The van der Waals surface area contributed by atoms with Gasteiger partial charge in [-0.1, -0.05) is 66.7 Å².